The van der Waals surface area contributed by atoms with E-state index in [1.807, 2.05) is 6.07 Å². The molecule has 0 saturated carbocycles. The third kappa shape index (κ3) is 5.16. The third-order valence-electron chi connectivity index (χ3n) is 4.58. The summed E-state index contributed by atoms with van der Waals surface area (Å²) < 4.78 is 16.3. The number of rotatable bonds is 8. The largest absolute Gasteiger partial charge is 0.493 e. The van der Waals surface area contributed by atoms with Crippen LogP contribution in [-0.4, -0.2) is 29.5 Å². The fourth-order valence-corrected chi connectivity index (χ4v) is 3.01. The average Bonchev–Trinajstić information content (AvgIpc) is 2.81. The minimum Gasteiger partial charge on any atom is -0.493 e. The van der Waals surface area contributed by atoms with Crippen LogP contribution in [-0.2, 0) is 0 Å². The summed E-state index contributed by atoms with van der Waals surface area (Å²) in [6.45, 7) is 3.75. The van der Waals surface area contributed by atoms with Crippen LogP contribution in [0.25, 0.3) is 0 Å². The van der Waals surface area contributed by atoms with E-state index in [4.69, 9.17) is 19.5 Å². The first-order chi connectivity index (χ1) is 15.9. The Balaban J connectivity index is 1.87. The zero-order chi connectivity index (χ0) is 24.0. The first-order valence-electron chi connectivity index (χ1n) is 9.82. The lowest BCUT2D eigenvalue weighted by Crippen LogP contribution is -2.15. The van der Waals surface area contributed by atoms with Crippen molar-refractivity contribution in [3.05, 3.63) is 75.5 Å². The van der Waals surface area contributed by atoms with E-state index in [0.29, 0.717) is 17.0 Å². The number of aromatic nitrogens is 1. The number of nitriles is 1. The molecular weight excluding hydrogens is 428 g/mol. The highest BCUT2D eigenvalue weighted by molar-refractivity contribution is 6.08. The number of hydrogen-bond acceptors (Lipinski definition) is 8. The lowest BCUT2D eigenvalue weighted by molar-refractivity contribution is -0.385. The molecule has 0 aliphatic rings. The van der Waals surface area contributed by atoms with Gasteiger partial charge in [0, 0.05) is 18.0 Å². The summed E-state index contributed by atoms with van der Waals surface area (Å²) in [7, 11) is 1.38. The van der Waals surface area contributed by atoms with Crippen molar-refractivity contribution in [1.82, 2.24) is 4.98 Å². The fourth-order valence-electron chi connectivity index (χ4n) is 3.01. The van der Waals surface area contributed by atoms with Gasteiger partial charge in [-0.2, -0.15) is 5.26 Å². The number of aryl methyl sites for hydroxylation is 1. The maximum atomic E-state index is 12.9. The van der Waals surface area contributed by atoms with Crippen molar-refractivity contribution in [1.29, 1.82) is 5.26 Å². The smallest absolute Gasteiger partial charge is 0.286 e. The van der Waals surface area contributed by atoms with E-state index < -0.39 is 16.5 Å². The first-order valence-corrected chi connectivity index (χ1v) is 9.82. The molecule has 1 aromatic heterocycles. The van der Waals surface area contributed by atoms with Gasteiger partial charge < -0.3 is 19.5 Å². The molecule has 0 atom stereocenters. The molecule has 0 fully saturated rings. The molecule has 1 N–H and O–H groups in total. The van der Waals surface area contributed by atoms with Crippen molar-refractivity contribution in [3.63, 3.8) is 0 Å². The lowest BCUT2D eigenvalue weighted by atomic mass is 10.1. The van der Waals surface area contributed by atoms with Crippen molar-refractivity contribution < 1.29 is 23.9 Å². The molecule has 3 aromatic rings. The molecule has 1 amide bonds. The highest BCUT2D eigenvalue weighted by Gasteiger charge is 2.25. The Labute approximate surface area is 189 Å². The maximum Gasteiger partial charge on any atom is 0.286 e. The van der Waals surface area contributed by atoms with Crippen molar-refractivity contribution in [2.24, 2.45) is 0 Å². The topological polar surface area (TPSA) is 137 Å². The standard InChI is InChI=1S/C23H20N4O6/c1-4-32-21-12-19(27(29)30)17(11-20(21)31-3)22(28)26-18-8-7-16(10-14(18)2)33-23-15(13-24)6-5-9-25-23/h5-12H,4H2,1-3H3,(H,26,28). The fraction of sp³-hybridized carbons (Fsp3) is 0.174. The number of amides is 1. The molecule has 0 saturated heterocycles. The van der Waals surface area contributed by atoms with Crippen LogP contribution in [0.5, 0.6) is 23.1 Å². The molecule has 3 rings (SSSR count). The van der Waals surface area contributed by atoms with Crippen LogP contribution in [0.3, 0.4) is 0 Å². The second-order valence-corrected chi connectivity index (χ2v) is 6.71. The SMILES string of the molecule is CCOc1cc([N+](=O)[O-])c(C(=O)Nc2ccc(Oc3ncccc3C#N)cc2C)cc1OC. The Morgan fingerprint density at radius 3 is 2.67 bits per heavy atom. The van der Waals surface area contributed by atoms with E-state index in [1.165, 1.54) is 25.4 Å². The maximum absolute atomic E-state index is 12.9. The Morgan fingerprint density at radius 2 is 2.03 bits per heavy atom. The number of nitro groups is 1. The minimum atomic E-state index is -0.684. The van der Waals surface area contributed by atoms with Gasteiger partial charge in [0.2, 0.25) is 5.88 Å². The highest BCUT2D eigenvalue weighted by Crippen LogP contribution is 2.35. The number of benzene rings is 2. The summed E-state index contributed by atoms with van der Waals surface area (Å²) >= 11 is 0. The molecule has 0 unspecified atom stereocenters. The molecular formula is C23H20N4O6. The normalized spacial score (nSPS) is 10.1. The van der Waals surface area contributed by atoms with Crippen LogP contribution in [0.1, 0.15) is 28.4 Å². The number of hydrogen-bond donors (Lipinski definition) is 1. The van der Waals surface area contributed by atoms with E-state index >= 15 is 0 Å². The molecule has 2 aromatic carbocycles. The number of nitro benzene ring substituents is 1. The van der Waals surface area contributed by atoms with Gasteiger partial charge in [-0.3, -0.25) is 14.9 Å². The molecule has 168 valence electrons. The molecule has 0 aliphatic heterocycles. The van der Waals surface area contributed by atoms with Crippen molar-refractivity contribution in [2.75, 3.05) is 19.0 Å². The number of nitrogens with one attached hydrogen (secondary N) is 1. The summed E-state index contributed by atoms with van der Waals surface area (Å²) in [4.78, 5) is 27.9. The van der Waals surface area contributed by atoms with Crippen molar-refractivity contribution >= 4 is 17.3 Å². The van der Waals surface area contributed by atoms with Gasteiger partial charge in [0.15, 0.2) is 11.5 Å². The van der Waals surface area contributed by atoms with Crippen LogP contribution < -0.4 is 19.5 Å². The molecule has 0 bridgehead atoms. The zero-order valence-corrected chi connectivity index (χ0v) is 18.1. The second-order valence-electron chi connectivity index (χ2n) is 6.71. The van der Waals surface area contributed by atoms with Crippen molar-refractivity contribution in [3.8, 4) is 29.2 Å². The Bertz CT molecular complexity index is 1250. The van der Waals surface area contributed by atoms with E-state index in [2.05, 4.69) is 10.3 Å². The second kappa shape index (κ2) is 10.1. The van der Waals surface area contributed by atoms with E-state index in [9.17, 15) is 14.9 Å². The summed E-state index contributed by atoms with van der Waals surface area (Å²) in [6, 6.07) is 12.5. The number of carbonyl (C=O) groups is 1. The van der Waals surface area contributed by atoms with Crippen LogP contribution in [0.2, 0.25) is 0 Å². The summed E-state index contributed by atoms with van der Waals surface area (Å²) in [5, 5.41) is 23.4. The lowest BCUT2D eigenvalue weighted by Gasteiger charge is -2.13. The van der Waals surface area contributed by atoms with E-state index in [-0.39, 0.29) is 35.1 Å². The summed E-state index contributed by atoms with van der Waals surface area (Å²) in [6.07, 6.45) is 1.51. The van der Waals surface area contributed by atoms with Gasteiger partial charge in [-0.1, -0.05) is 0 Å². The van der Waals surface area contributed by atoms with Crippen molar-refractivity contribution in [2.45, 2.75) is 13.8 Å². The molecule has 10 nitrogen and oxygen atoms in total. The zero-order valence-electron chi connectivity index (χ0n) is 18.1. The minimum absolute atomic E-state index is 0.160. The van der Waals surface area contributed by atoms with E-state index in [0.717, 1.165) is 0 Å². The van der Waals surface area contributed by atoms with Gasteiger partial charge in [-0.15, -0.1) is 0 Å². The monoisotopic (exact) mass is 448 g/mol. The quantitative estimate of drug-likeness (QED) is 0.389. The highest BCUT2D eigenvalue weighted by atomic mass is 16.6. The van der Waals surface area contributed by atoms with Crippen LogP contribution in [0.4, 0.5) is 11.4 Å². The molecule has 1 heterocycles. The molecule has 0 spiro atoms. The van der Waals surface area contributed by atoms with Crippen LogP contribution in [0, 0.1) is 28.4 Å². The number of methoxy groups -OCH3 is 1. The van der Waals surface area contributed by atoms with E-state index in [1.54, 1.807) is 44.2 Å². The number of pyridine rings is 1. The van der Waals surface area contributed by atoms with Crippen LogP contribution in [0.15, 0.2) is 48.7 Å². The Morgan fingerprint density at radius 1 is 1.24 bits per heavy atom. The number of ether oxygens (including phenoxy) is 3. The van der Waals surface area contributed by atoms with Gasteiger partial charge in [0.1, 0.15) is 22.9 Å². The first kappa shape index (κ1) is 23.0. The summed E-state index contributed by atoms with van der Waals surface area (Å²) in [5.74, 6) is 0.267. The number of anilines is 1. The molecule has 10 heteroatoms. The molecule has 0 radical (unpaired) electrons. The average molecular weight is 448 g/mol. The van der Waals surface area contributed by atoms with Gasteiger partial charge in [0.25, 0.3) is 11.6 Å². The van der Waals surface area contributed by atoms with Gasteiger partial charge in [0.05, 0.1) is 24.7 Å². The predicted molar refractivity (Wildman–Crippen MR) is 119 cm³/mol. The Hall–Kier alpha value is -4.65. The number of carbonyl (C=O) groups excluding carboxylic acids is 1. The van der Waals surface area contributed by atoms with Crippen LogP contribution >= 0.6 is 0 Å². The van der Waals surface area contributed by atoms with Gasteiger partial charge in [-0.05, 0) is 49.7 Å². The third-order valence-corrected chi connectivity index (χ3v) is 4.58. The molecule has 33 heavy (non-hydrogen) atoms. The molecule has 0 aliphatic carbocycles. The number of nitrogens with zero attached hydrogens (tertiary/aromatic N) is 3. The summed E-state index contributed by atoms with van der Waals surface area (Å²) in [5.41, 5.74) is 0.761. The predicted octanol–water partition coefficient (Wildman–Crippen LogP) is 4.62. The Kier molecular flexibility index (Phi) is 7.05. The van der Waals surface area contributed by atoms with Gasteiger partial charge >= 0.3 is 0 Å². The van der Waals surface area contributed by atoms with Gasteiger partial charge in [-0.25, -0.2) is 4.98 Å².